The molecule has 0 amide bonds. The Bertz CT molecular complexity index is 230. The van der Waals surface area contributed by atoms with Crippen LogP contribution in [0.3, 0.4) is 0 Å². The van der Waals surface area contributed by atoms with Gasteiger partial charge in [-0.3, -0.25) is 0 Å². The first-order chi connectivity index (χ1) is 5.37. The Morgan fingerprint density at radius 2 is 2.08 bits per heavy atom. The summed E-state index contributed by atoms with van der Waals surface area (Å²) in [5.41, 5.74) is -0.231. The van der Waals surface area contributed by atoms with Crippen molar-refractivity contribution in [3.63, 3.8) is 0 Å². The Balaban J connectivity index is 3.91. The van der Waals surface area contributed by atoms with Crippen molar-refractivity contribution in [2.75, 3.05) is 6.61 Å². The van der Waals surface area contributed by atoms with Gasteiger partial charge in [0, 0.05) is 0 Å². The molecule has 0 atom stereocenters. The van der Waals surface area contributed by atoms with Crippen LogP contribution in [0, 0.1) is 16.7 Å². The summed E-state index contributed by atoms with van der Waals surface area (Å²) in [5.74, 6) is -0.632. The van der Waals surface area contributed by atoms with Gasteiger partial charge in [-0.25, -0.2) is 4.79 Å². The van der Waals surface area contributed by atoms with Crippen LogP contribution in [-0.4, -0.2) is 12.6 Å². The van der Waals surface area contributed by atoms with Crippen molar-refractivity contribution in [3.05, 3.63) is 12.2 Å². The average Bonchev–Trinajstić information content (AvgIpc) is 1.97. The van der Waals surface area contributed by atoms with Gasteiger partial charge in [-0.1, -0.05) is 27.4 Å². The van der Waals surface area contributed by atoms with Gasteiger partial charge < -0.3 is 4.74 Å². The molecule has 0 radical (unpaired) electrons. The average molecular weight is 167 g/mol. The van der Waals surface area contributed by atoms with Crippen molar-refractivity contribution in [2.24, 2.45) is 5.41 Å². The normalized spacial score (nSPS) is 10.2. The zero-order valence-corrected chi connectivity index (χ0v) is 7.68. The lowest BCUT2D eigenvalue weighted by Crippen LogP contribution is -2.18. The SMILES string of the molecule is C=C(C#N)C(=O)OCC(C)(C)C. The summed E-state index contributed by atoms with van der Waals surface area (Å²) in [6.07, 6.45) is 0. The van der Waals surface area contributed by atoms with E-state index in [-0.39, 0.29) is 11.0 Å². The molecule has 0 heterocycles. The first-order valence-electron chi connectivity index (χ1n) is 3.63. The molecule has 0 aromatic rings. The molecule has 66 valence electrons. The van der Waals surface area contributed by atoms with Crippen LogP contribution in [0.5, 0.6) is 0 Å². The Hall–Kier alpha value is -1.30. The number of carbonyl (C=O) groups excluding carboxylic acids is 1. The van der Waals surface area contributed by atoms with Crippen molar-refractivity contribution < 1.29 is 9.53 Å². The van der Waals surface area contributed by atoms with Crippen molar-refractivity contribution >= 4 is 5.97 Å². The van der Waals surface area contributed by atoms with Crippen LogP contribution in [0.15, 0.2) is 12.2 Å². The van der Waals surface area contributed by atoms with Crippen LogP contribution in [0.4, 0.5) is 0 Å². The molecule has 0 saturated heterocycles. The largest absolute Gasteiger partial charge is 0.461 e. The minimum atomic E-state index is -0.632. The lowest BCUT2D eigenvalue weighted by atomic mass is 9.99. The summed E-state index contributed by atoms with van der Waals surface area (Å²) in [7, 11) is 0. The molecule has 0 aliphatic heterocycles. The van der Waals surface area contributed by atoms with Crippen molar-refractivity contribution in [1.29, 1.82) is 5.26 Å². The van der Waals surface area contributed by atoms with Crippen LogP contribution in [0.2, 0.25) is 0 Å². The van der Waals surface area contributed by atoms with E-state index < -0.39 is 5.97 Å². The van der Waals surface area contributed by atoms with Gasteiger partial charge in [-0.15, -0.1) is 0 Å². The third-order valence-electron chi connectivity index (χ3n) is 1.02. The third kappa shape index (κ3) is 4.51. The van der Waals surface area contributed by atoms with E-state index in [1.807, 2.05) is 20.8 Å². The second-order valence-electron chi connectivity index (χ2n) is 3.73. The number of nitriles is 1. The van der Waals surface area contributed by atoms with E-state index >= 15 is 0 Å². The van der Waals surface area contributed by atoms with Gasteiger partial charge in [0.2, 0.25) is 0 Å². The Morgan fingerprint density at radius 3 is 2.42 bits per heavy atom. The fourth-order valence-electron chi connectivity index (χ4n) is 0.415. The van der Waals surface area contributed by atoms with Gasteiger partial charge >= 0.3 is 5.97 Å². The van der Waals surface area contributed by atoms with E-state index in [4.69, 9.17) is 10.00 Å². The highest BCUT2D eigenvalue weighted by Gasteiger charge is 2.15. The molecule has 0 saturated carbocycles. The van der Waals surface area contributed by atoms with Crippen molar-refractivity contribution in [1.82, 2.24) is 0 Å². The second-order valence-corrected chi connectivity index (χ2v) is 3.73. The monoisotopic (exact) mass is 167 g/mol. The second kappa shape index (κ2) is 3.91. The zero-order valence-electron chi connectivity index (χ0n) is 7.68. The number of hydrogen-bond acceptors (Lipinski definition) is 3. The predicted octanol–water partition coefficient (Wildman–Crippen LogP) is 1.66. The first kappa shape index (κ1) is 10.7. The Labute approximate surface area is 72.6 Å². The highest BCUT2D eigenvalue weighted by Crippen LogP contribution is 2.13. The minimum Gasteiger partial charge on any atom is -0.461 e. The Morgan fingerprint density at radius 1 is 1.58 bits per heavy atom. The van der Waals surface area contributed by atoms with Gasteiger partial charge in [-0.05, 0) is 5.41 Å². The lowest BCUT2D eigenvalue weighted by Gasteiger charge is -2.17. The summed E-state index contributed by atoms with van der Waals surface area (Å²) in [5, 5.41) is 8.28. The van der Waals surface area contributed by atoms with Crippen LogP contribution < -0.4 is 0 Å². The molecule has 0 rings (SSSR count). The fourth-order valence-corrected chi connectivity index (χ4v) is 0.415. The van der Waals surface area contributed by atoms with Gasteiger partial charge in [0.25, 0.3) is 0 Å². The van der Waals surface area contributed by atoms with E-state index in [0.29, 0.717) is 6.61 Å². The molecule has 3 nitrogen and oxygen atoms in total. The summed E-state index contributed by atoms with van der Waals surface area (Å²) in [6, 6.07) is 1.63. The molecular weight excluding hydrogens is 154 g/mol. The maximum Gasteiger partial charge on any atom is 0.348 e. The lowest BCUT2D eigenvalue weighted by molar-refractivity contribution is -0.141. The summed E-state index contributed by atoms with van der Waals surface area (Å²) >= 11 is 0. The molecule has 0 aliphatic carbocycles. The Kier molecular flexibility index (Phi) is 3.49. The topological polar surface area (TPSA) is 50.1 Å². The van der Waals surface area contributed by atoms with Crippen molar-refractivity contribution in [3.8, 4) is 6.07 Å². The van der Waals surface area contributed by atoms with Gasteiger partial charge in [-0.2, -0.15) is 5.26 Å². The van der Waals surface area contributed by atoms with E-state index in [1.165, 1.54) is 0 Å². The summed E-state index contributed by atoms with van der Waals surface area (Å²) < 4.78 is 4.80. The highest BCUT2D eigenvalue weighted by atomic mass is 16.5. The molecule has 0 N–H and O–H groups in total. The van der Waals surface area contributed by atoms with Crippen LogP contribution >= 0.6 is 0 Å². The van der Waals surface area contributed by atoms with E-state index in [0.717, 1.165) is 0 Å². The molecule has 0 unspecified atom stereocenters. The number of rotatable bonds is 2. The maximum absolute atomic E-state index is 10.9. The number of hydrogen-bond donors (Lipinski definition) is 0. The minimum absolute atomic E-state index is 0.0780. The van der Waals surface area contributed by atoms with Crippen molar-refractivity contribution in [2.45, 2.75) is 20.8 Å². The standard InChI is InChI=1S/C9H13NO2/c1-7(5-10)8(11)12-6-9(2,3)4/h1,6H2,2-4H3. The predicted molar refractivity (Wildman–Crippen MR) is 45.2 cm³/mol. The molecule has 12 heavy (non-hydrogen) atoms. The highest BCUT2D eigenvalue weighted by molar-refractivity contribution is 5.91. The number of carbonyl (C=O) groups is 1. The van der Waals surface area contributed by atoms with Gasteiger partial charge in [0.1, 0.15) is 11.6 Å². The quantitative estimate of drug-likeness (QED) is 0.357. The van der Waals surface area contributed by atoms with Crippen LogP contribution in [0.1, 0.15) is 20.8 Å². The molecule has 3 heteroatoms. The van der Waals surface area contributed by atoms with E-state index in [9.17, 15) is 4.79 Å². The maximum atomic E-state index is 10.9. The fraction of sp³-hybridized carbons (Fsp3) is 0.556. The smallest absolute Gasteiger partial charge is 0.348 e. The summed E-state index contributed by atoms with van der Waals surface area (Å²) in [4.78, 5) is 10.9. The molecule has 0 spiro atoms. The first-order valence-corrected chi connectivity index (χ1v) is 3.63. The number of ether oxygens (including phenoxy) is 1. The zero-order chi connectivity index (χ0) is 9.78. The molecule has 0 aromatic heterocycles. The molecule has 0 fully saturated rings. The van der Waals surface area contributed by atoms with Gasteiger partial charge in [0.05, 0.1) is 6.61 Å². The molecule has 0 aliphatic rings. The summed E-state index contributed by atoms with van der Waals surface area (Å²) in [6.45, 7) is 9.36. The number of esters is 1. The van der Waals surface area contributed by atoms with E-state index in [1.54, 1.807) is 6.07 Å². The van der Waals surface area contributed by atoms with Crippen LogP contribution in [-0.2, 0) is 9.53 Å². The third-order valence-corrected chi connectivity index (χ3v) is 1.02. The van der Waals surface area contributed by atoms with E-state index in [2.05, 4.69) is 6.58 Å². The van der Waals surface area contributed by atoms with Gasteiger partial charge in [0.15, 0.2) is 0 Å². The molecule has 0 aromatic carbocycles. The van der Waals surface area contributed by atoms with Crippen LogP contribution in [0.25, 0.3) is 0 Å². The molecule has 0 bridgehead atoms. The molecular formula is C9H13NO2. The number of nitrogens with zero attached hydrogens (tertiary/aromatic N) is 1.